The van der Waals surface area contributed by atoms with E-state index in [1.165, 1.54) is 22.0 Å². The van der Waals surface area contributed by atoms with Crippen LogP contribution in [0.3, 0.4) is 0 Å². The summed E-state index contributed by atoms with van der Waals surface area (Å²) in [7, 11) is 0. The van der Waals surface area contributed by atoms with E-state index >= 15 is 0 Å². The summed E-state index contributed by atoms with van der Waals surface area (Å²) in [6.07, 6.45) is 2.86. The Labute approximate surface area is 83.4 Å². The monoisotopic (exact) mass is 184 g/mol. The molecule has 1 N–H and O–H groups in total. The number of aryl methyl sites for hydroxylation is 1. The minimum atomic E-state index is 0.570. The summed E-state index contributed by atoms with van der Waals surface area (Å²) in [6.45, 7) is 9.44. The lowest BCUT2D eigenvalue weighted by molar-refractivity contribution is 1.09. The number of para-hydroxylation sites is 1. The number of rotatable bonds is 2. The van der Waals surface area contributed by atoms with Crippen molar-refractivity contribution in [2.75, 3.05) is 6.54 Å². The number of nitrogens with one attached hydrogen (secondary N) is 1. The molecule has 70 valence electrons. The maximum absolute atomic E-state index is 6.77. The highest BCUT2D eigenvalue weighted by Gasteiger charge is 2.05. The minimum absolute atomic E-state index is 0.570. The van der Waals surface area contributed by atoms with Gasteiger partial charge in [0.2, 0.25) is 6.54 Å². The summed E-state index contributed by atoms with van der Waals surface area (Å²) in [5.41, 5.74) is 3.71. The van der Waals surface area contributed by atoms with Gasteiger partial charge in [-0.05, 0) is 18.1 Å². The second-order valence-corrected chi connectivity index (χ2v) is 3.44. The first-order chi connectivity index (χ1) is 6.83. The van der Waals surface area contributed by atoms with Crippen LogP contribution < -0.4 is 0 Å². The molecule has 0 aliphatic rings. The van der Waals surface area contributed by atoms with Gasteiger partial charge in [0.1, 0.15) is 0 Å². The van der Waals surface area contributed by atoms with Crippen LogP contribution in [0.2, 0.25) is 0 Å². The Morgan fingerprint density at radius 1 is 1.43 bits per heavy atom. The van der Waals surface area contributed by atoms with Crippen LogP contribution in [0.5, 0.6) is 0 Å². The molecule has 0 saturated heterocycles. The van der Waals surface area contributed by atoms with Gasteiger partial charge in [-0.15, -0.1) is 0 Å². The second kappa shape index (κ2) is 3.55. The molecule has 0 unspecified atom stereocenters. The van der Waals surface area contributed by atoms with Gasteiger partial charge in [0, 0.05) is 23.5 Å². The Hall–Kier alpha value is -1.75. The molecule has 0 amide bonds. The molecule has 1 heterocycles. The zero-order chi connectivity index (χ0) is 9.97. The van der Waals surface area contributed by atoms with Crippen molar-refractivity contribution in [2.45, 2.75) is 13.3 Å². The molecule has 0 fully saturated rings. The zero-order valence-electron chi connectivity index (χ0n) is 8.17. The fourth-order valence-corrected chi connectivity index (χ4v) is 1.75. The quantitative estimate of drug-likeness (QED) is 0.692. The van der Waals surface area contributed by atoms with Crippen molar-refractivity contribution < 1.29 is 0 Å². The predicted octanol–water partition coefficient (Wildman–Crippen LogP) is 2.94. The topological polar surface area (TPSA) is 20.1 Å². The molecule has 0 spiro atoms. The van der Waals surface area contributed by atoms with Crippen LogP contribution in [0.4, 0.5) is 0 Å². The molecule has 0 aliphatic carbocycles. The molecule has 0 aliphatic heterocycles. The van der Waals surface area contributed by atoms with Crippen molar-refractivity contribution >= 4 is 10.9 Å². The molecule has 0 bridgehead atoms. The number of hydrogen-bond donors (Lipinski definition) is 1. The highest BCUT2D eigenvalue weighted by molar-refractivity contribution is 5.85. The van der Waals surface area contributed by atoms with E-state index in [0.717, 1.165) is 6.42 Å². The summed E-state index contributed by atoms with van der Waals surface area (Å²) in [5.74, 6) is 0. The SMILES string of the molecule is [C-]#[N+]CCc1c[nH]c2c(C)cccc12. The number of aromatic amines is 1. The van der Waals surface area contributed by atoms with Gasteiger partial charge in [-0.2, -0.15) is 0 Å². The van der Waals surface area contributed by atoms with Crippen LogP contribution in [0.15, 0.2) is 24.4 Å². The summed E-state index contributed by atoms with van der Waals surface area (Å²) >= 11 is 0. The molecule has 2 nitrogen and oxygen atoms in total. The van der Waals surface area contributed by atoms with Crippen molar-refractivity contribution in [3.8, 4) is 0 Å². The molecule has 2 heteroatoms. The van der Waals surface area contributed by atoms with Gasteiger partial charge in [0.25, 0.3) is 0 Å². The molecule has 2 rings (SSSR count). The van der Waals surface area contributed by atoms with E-state index in [1.54, 1.807) is 0 Å². The van der Waals surface area contributed by atoms with Gasteiger partial charge >= 0.3 is 0 Å². The number of fused-ring (bicyclic) bond motifs is 1. The van der Waals surface area contributed by atoms with Gasteiger partial charge in [-0.25, -0.2) is 6.57 Å². The summed E-state index contributed by atoms with van der Waals surface area (Å²) in [5, 5.41) is 1.26. The van der Waals surface area contributed by atoms with E-state index in [4.69, 9.17) is 6.57 Å². The zero-order valence-corrected chi connectivity index (χ0v) is 8.17. The summed E-state index contributed by atoms with van der Waals surface area (Å²) < 4.78 is 0. The molecule has 14 heavy (non-hydrogen) atoms. The van der Waals surface area contributed by atoms with E-state index < -0.39 is 0 Å². The highest BCUT2D eigenvalue weighted by Crippen LogP contribution is 2.21. The average molecular weight is 184 g/mol. The average Bonchev–Trinajstić information content (AvgIpc) is 2.60. The van der Waals surface area contributed by atoms with E-state index in [9.17, 15) is 0 Å². The maximum Gasteiger partial charge on any atom is 0.218 e. The number of hydrogen-bond acceptors (Lipinski definition) is 0. The first kappa shape index (κ1) is 8.83. The van der Waals surface area contributed by atoms with Crippen molar-refractivity contribution in [1.29, 1.82) is 0 Å². The first-order valence-electron chi connectivity index (χ1n) is 4.71. The van der Waals surface area contributed by atoms with Crippen molar-refractivity contribution in [3.63, 3.8) is 0 Å². The maximum atomic E-state index is 6.77. The Balaban J connectivity index is 2.48. The molecule has 1 aromatic heterocycles. The molecule has 2 aromatic rings. The number of nitrogens with zero attached hydrogens (tertiary/aromatic N) is 1. The smallest absolute Gasteiger partial charge is 0.218 e. The Morgan fingerprint density at radius 2 is 2.29 bits per heavy atom. The van der Waals surface area contributed by atoms with Gasteiger partial charge in [-0.3, -0.25) is 0 Å². The molecule has 0 radical (unpaired) electrons. The van der Waals surface area contributed by atoms with Crippen molar-refractivity contribution in [3.05, 3.63) is 46.9 Å². The molecular formula is C12H12N2. The Morgan fingerprint density at radius 3 is 3.07 bits per heavy atom. The van der Waals surface area contributed by atoms with E-state index in [2.05, 4.69) is 35.0 Å². The van der Waals surface area contributed by atoms with Crippen LogP contribution in [-0.2, 0) is 6.42 Å². The lowest BCUT2D eigenvalue weighted by Crippen LogP contribution is -1.85. The fourth-order valence-electron chi connectivity index (χ4n) is 1.75. The number of aromatic nitrogens is 1. The lowest BCUT2D eigenvalue weighted by atomic mass is 10.1. The highest BCUT2D eigenvalue weighted by atomic mass is 14.7. The fraction of sp³-hybridized carbons (Fsp3) is 0.250. The summed E-state index contributed by atoms with van der Waals surface area (Å²) in [6, 6.07) is 6.27. The van der Waals surface area contributed by atoms with Crippen LogP contribution in [-0.4, -0.2) is 11.5 Å². The van der Waals surface area contributed by atoms with E-state index in [1.807, 2.05) is 6.20 Å². The third-order valence-electron chi connectivity index (χ3n) is 2.50. The first-order valence-corrected chi connectivity index (χ1v) is 4.71. The van der Waals surface area contributed by atoms with Crippen LogP contribution >= 0.6 is 0 Å². The van der Waals surface area contributed by atoms with Gasteiger partial charge in [-0.1, -0.05) is 18.2 Å². The van der Waals surface area contributed by atoms with E-state index in [-0.39, 0.29) is 0 Å². The van der Waals surface area contributed by atoms with Gasteiger partial charge in [0.15, 0.2) is 0 Å². The van der Waals surface area contributed by atoms with Gasteiger partial charge in [0.05, 0.1) is 0 Å². The lowest BCUT2D eigenvalue weighted by Gasteiger charge is -1.96. The predicted molar refractivity (Wildman–Crippen MR) is 58.2 cm³/mol. The van der Waals surface area contributed by atoms with Crippen molar-refractivity contribution in [2.24, 2.45) is 0 Å². The third-order valence-corrected chi connectivity index (χ3v) is 2.50. The molecule has 1 aromatic carbocycles. The van der Waals surface area contributed by atoms with Crippen LogP contribution in [0.1, 0.15) is 11.1 Å². The van der Waals surface area contributed by atoms with Crippen LogP contribution in [0, 0.1) is 13.5 Å². The second-order valence-electron chi connectivity index (χ2n) is 3.44. The molecular weight excluding hydrogens is 172 g/mol. The molecule has 0 saturated carbocycles. The largest absolute Gasteiger partial charge is 0.361 e. The number of benzene rings is 1. The minimum Gasteiger partial charge on any atom is -0.361 e. The Kier molecular flexibility index (Phi) is 2.24. The standard InChI is InChI=1S/C12H12N2/c1-9-4-3-5-11-10(6-7-13-2)8-14-12(9)11/h3-5,8,14H,6-7H2,1H3. The van der Waals surface area contributed by atoms with Gasteiger partial charge < -0.3 is 9.83 Å². The number of H-pyrrole nitrogens is 1. The summed E-state index contributed by atoms with van der Waals surface area (Å²) in [4.78, 5) is 6.64. The van der Waals surface area contributed by atoms with Crippen LogP contribution in [0.25, 0.3) is 15.7 Å². The Bertz CT molecular complexity index is 488. The van der Waals surface area contributed by atoms with E-state index in [0.29, 0.717) is 6.54 Å². The normalized spacial score (nSPS) is 10.3. The van der Waals surface area contributed by atoms with Crippen molar-refractivity contribution in [1.82, 2.24) is 4.98 Å². The molecule has 0 atom stereocenters. The third kappa shape index (κ3) is 1.38.